The smallest absolute Gasteiger partial charge is 0.410 e. The van der Waals surface area contributed by atoms with Crippen LogP contribution in [0.5, 0.6) is 0 Å². The highest BCUT2D eigenvalue weighted by atomic mass is 33.1. The molecule has 16 heteroatoms. The van der Waals surface area contributed by atoms with Crippen LogP contribution in [-0.4, -0.2) is 96.1 Å². The molecular formula is C53H75N5O9S2. The molecule has 9 rings (SSSR count). The van der Waals surface area contributed by atoms with Gasteiger partial charge in [0.05, 0.1) is 23.4 Å². The van der Waals surface area contributed by atoms with E-state index in [9.17, 15) is 24.0 Å². The van der Waals surface area contributed by atoms with Crippen LogP contribution in [0.3, 0.4) is 0 Å². The number of hydrogen-bond donors (Lipinski definition) is 3. The molecule has 8 aliphatic rings. The molecule has 2 saturated heterocycles. The van der Waals surface area contributed by atoms with E-state index in [2.05, 4.69) is 39.9 Å². The average molecular weight is 990 g/mol. The normalized spacial score (nSPS) is 35.7. The van der Waals surface area contributed by atoms with Gasteiger partial charge < -0.3 is 40.6 Å². The number of rotatable bonds is 16. The summed E-state index contributed by atoms with van der Waals surface area (Å²) in [6.45, 7) is 14.5. The predicted molar refractivity (Wildman–Crippen MR) is 265 cm³/mol. The first kappa shape index (κ1) is 50.1. The number of carbonyl (C=O) groups is 5. The first-order valence-electron chi connectivity index (χ1n) is 25.8. The lowest BCUT2D eigenvalue weighted by atomic mass is 9.44. The number of piperazine rings is 1. The number of primary amides is 1. The third-order valence-electron chi connectivity index (χ3n) is 18.9. The lowest BCUT2D eigenvalue weighted by molar-refractivity contribution is -0.144. The number of nitrogens with zero attached hydrogens (tertiary/aromatic N) is 2. The molecule has 1 aromatic carbocycles. The fraction of sp³-hybridized carbons (Fsp3) is 0.717. The largest absolute Gasteiger partial charge is 0.449 e. The number of ketones is 2. The zero-order valence-corrected chi connectivity index (χ0v) is 43.4. The maximum Gasteiger partial charge on any atom is 0.410 e. The zero-order valence-electron chi connectivity index (χ0n) is 41.7. The highest BCUT2D eigenvalue weighted by Gasteiger charge is 2.78. The highest BCUT2D eigenvalue weighted by Crippen LogP contribution is 2.69. The third-order valence-corrected chi connectivity index (χ3v) is 21.3. The van der Waals surface area contributed by atoms with Gasteiger partial charge in [0.2, 0.25) is 11.6 Å². The van der Waals surface area contributed by atoms with Crippen molar-refractivity contribution in [3.8, 4) is 0 Å². The van der Waals surface area contributed by atoms with Gasteiger partial charge in [0.15, 0.2) is 5.72 Å². The van der Waals surface area contributed by atoms with E-state index in [1.807, 2.05) is 24.3 Å². The van der Waals surface area contributed by atoms with Crippen LogP contribution < -0.4 is 16.8 Å². The summed E-state index contributed by atoms with van der Waals surface area (Å²) in [5.41, 5.74) is 11.9. The van der Waals surface area contributed by atoms with E-state index in [1.54, 1.807) is 31.4 Å². The van der Waals surface area contributed by atoms with Crippen molar-refractivity contribution in [2.75, 3.05) is 32.6 Å². The number of hydrogen-bond acceptors (Lipinski definition) is 13. The summed E-state index contributed by atoms with van der Waals surface area (Å²) in [4.78, 5) is 69.4. The molecular weight excluding hydrogens is 915 g/mol. The molecule has 1 aromatic rings. The van der Waals surface area contributed by atoms with E-state index in [0.29, 0.717) is 29.0 Å². The Balaban J connectivity index is 0.686. The number of Topliss-reactive ketones (excluding diaryl/α,β-unsaturated/α-hetero) is 2. The predicted octanol–water partition coefficient (Wildman–Crippen LogP) is 9.35. The number of methoxy groups -OCH3 is 1. The van der Waals surface area contributed by atoms with Crippen molar-refractivity contribution >= 4 is 51.4 Å². The summed E-state index contributed by atoms with van der Waals surface area (Å²) in [6.07, 6.45) is 13.6. The summed E-state index contributed by atoms with van der Waals surface area (Å²) in [5.74, 6) is 4.54. The van der Waals surface area contributed by atoms with E-state index in [-0.39, 0.29) is 60.5 Å². The molecule has 69 heavy (non-hydrogen) atoms. The summed E-state index contributed by atoms with van der Waals surface area (Å²) in [6, 6.07) is 6.81. The van der Waals surface area contributed by atoms with Crippen LogP contribution >= 0.6 is 21.6 Å². The first-order valence-corrected chi connectivity index (χ1v) is 28.1. The number of ether oxygens (including phenoxy) is 4. The van der Waals surface area contributed by atoms with Gasteiger partial charge in [0.25, 0.3) is 0 Å². The molecule has 5 N–H and O–H groups in total. The van der Waals surface area contributed by atoms with Gasteiger partial charge in [-0.1, -0.05) is 87.6 Å². The first-order chi connectivity index (χ1) is 32.9. The lowest BCUT2D eigenvalue weighted by Gasteiger charge is -2.61. The maximum absolute atomic E-state index is 13.5. The van der Waals surface area contributed by atoms with Crippen molar-refractivity contribution in [2.45, 2.75) is 154 Å². The van der Waals surface area contributed by atoms with Crippen LogP contribution in [-0.2, 0) is 35.1 Å². The number of benzene rings is 1. The molecule has 3 aliphatic heterocycles. The van der Waals surface area contributed by atoms with Gasteiger partial charge in [-0.2, -0.15) is 0 Å². The highest BCUT2D eigenvalue weighted by molar-refractivity contribution is 8.76. The molecule has 378 valence electrons. The summed E-state index contributed by atoms with van der Waals surface area (Å²) in [5, 5.41) is 3.00. The van der Waals surface area contributed by atoms with Crippen LogP contribution in [0.2, 0.25) is 0 Å². The van der Waals surface area contributed by atoms with Gasteiger partial charge in [-0.25, -0.2) is 14.4 Å². The van der Waals surface area contributed by atoms with Gasteiger partial charge in [0, 0.05) is 42.0 Å². The quantitative estimate of drug-likeness (QED) is 0.0467. The van der Waals surface area contributed by atoms with Crippen molar-refractivity contribution in [3.05, 3.63) is 52.4 Å². The number of fused-ring (bicyclic) bond motifs is 9. The Morgan fingerprint density at radius 1 is 0.928 bits per heavy atom. The maximum atomic E-state index is 13.5. The average Bonchev–Trinajstić information content (AvgIpc) is 3.60. The second-order valence-electron chi connectivity index (χ2n) is 22.6. The summed E-state index contributed by atoms with van der Waals surface area (Å²) in [7, 11) is 4.70. The SMILES string of the molecule is COC12C(COC(N)=O)C3=C(C(=O)C(C)=C(N)C3=O)N1CC1C2N1C(=O)OCc1ccc(SSCCNC(=O)OC2CCC3(C)C(CCC4C3CCC3(C)C(C(C)CCCC(C)C)CCC43)C2)cc1. The number of nitrogens with two attached hydrogens (primary N) is 2. The molecule has 14 nitrogen and oxygen atoms in total. The zero-order chi connectivity index (χ0) is 49.2. The Bertz CT molecular complexity index is 2260. The van der Waals surface area contributed by atoms with E-state index in [0.717, 1.165) is 65.2 Å². The Hall–Kier alpha value is -3.89. The van der Waals surface area contributed by atoms with Crippen LogP contribution in [0.1, 0.15) is 124 Å². The van der Waals surface area contributed by atoms with Crippen LogP contribution in [0.25, 0.3) is 0 Å². The van der Waals surface area contributed by atoms with Gasteiger partial charge in [-0.05, 0) is 135 Å². The van der Waals surface area contributed by atoms with Crippen molar-refractivity contribution < 1.29 is 42.9 Å². The minimum atomic E-state index is -1.37. The standard InChI is InChI=1S/C53H75N5O9S2/c1-29(2)9-8-10-30(3)37-17-18-38-36-16-13-33-25-34(19-21-51(33,5)39(36)20-22-52(37,38)6)67-49(62)56-23-24-68-69-35-14-11-32(12-15-35)27-66-50(63)58-41-26-57-44-42(46(60)43(54)31(4)45(44)59)40(28-65-48(55)61)53(57,64-7)47(41)58/h11-12,14-15,29-30,33-34,36-41,47H,8-10,13,16-28,54H2,1-7H3,(H2,55,61)(H,56,62). The molecule has 0 aromatic heterocycles. The molecule has 0 spiro atoms. The third kappa shape index (κ3) is 8.86. The number of alkyl carbamates (subject to hydrolysis) is 1. The minimum Gasteiger partial charge on any atom is -0.449 e. The Labute approximate surface area is 416 Å². The number of carbonyl (C=O) groups excluding carboxylic acids is 5. The van der Waals surface area contributed by atoms with E-state index in [1.165, 1.54) is 71.8 Å². The molecule has 4 saturated carbocycles. The minimum absolute atomic E-state index is 0.0116. The fourth-order valence-electron chi connectivity index (χ4n) is 15.4. The van der Waals surface area contributed by atoms with Gasteiger partial charge in [-0.3, -0.25) is 14.5 Å². The van der Waals surface area contributed by atoms with Crippen molar-refractivity contribution in [1.29, 1.82) is 0 Å². The molecule has 5 aliphatic carbocycles. The summed E-state index contributed by atoms with van der Waals surface area (Å²) < 4.78 is 23.1. The molecule has 6 fully saturated rings. The Morgan fingerprint density at radius 3 is 2.39 bits per heavy atom. The van der Waals surface area contributed by atoms with Gasteiger partial charge in [-0.15, -0.1) is 0 Å². The second kappa shape index (κ2) is 19.6. The number of allylic oxidation sites excluding steroid dienone is 2. The van der Waals surface area contributed by atoms with Crippen LogP contribution in [0.15, 0.2) is 51.7 Å². The second-order valence-corrected chi connectivity index (χ2v) is 25.1. The molecule has 3 amide bonds. The Morgan fingerprint density at radius 2 is 1.67 bits per heavy atom. The Kier molecular flexibility index (Phi) is 14.2. The van der Waals surface area contributed by atoms with Crippen molar-refractivity contribution in [1.82, 2.24) is 15.1 Å². The van der Waals surface area contributed by atoms with Crippen LogP contribution in [0.4, 0.5) is 14.4 Å². The fourth-order valence-corrected chi connectivity index (χ4v) is 17.3. The number of amides is 3. The summed E-state index contributed by atoms with van der Waals surface area (Å²) >= 11 is 0. The molecule has 0 bridgehead atoms. The number of nitrogens with one attached hydrogen (secondary N) is 1. The molecule has 13 unspecified atom stereocenters. The van der Waals surface area contributed by atoms with E-state index >= 15 is 0 Å². The topological polar surface area (TPSA) is 193 Å². The molecule has 0 radical (unpaired) electrons. The van der Waals surface area contributed by atoms with Crippen molar-refractivity contribution in [3.63, 3.8) is 0 Å². The molecule has 3 heterocycles. The van der Waals surface area contributed by atoms with Crippen molar-refractivity contribution in [2.24, 2.45) is 69.6 Å². The van der Waals surface area contributed by atoms with Gasteiger partial charge >= 0.3 is 18.3 Å². The molecule has 13 atom stereocenters. The van der Waals surface area contributed by atoms with Crippen LogP contribution in [0, 0.1) is 58.2 Å². The van der Waals surface area contributed by atoms with E-state index in [4.69, 9.17) is 30.4 Å². The monoisotopic (exact) mass is 990 g/mol. The van der Waals surface area contributed by atoms with E-state index < -0.39 is 41.4 Å². The van der Waals surface area contributed by atoms with Gasteiger partial charge in [0.1, 0.15) is 25.4 Å². The lowest BCUT2D eigenvalue weighted by Crippen LogP contribution is -2.56.